The summed E-state index contributed by atoms with van der Waals surface area (Å²) in [6, 6.07) is 7.78. The number of hydrazine groups is 1. The lowest BCUT2D eigenvalue weighted by Gasteiger charge is -2.39. The molecule has 0 bridgehead atoms. The number of phenols is 1. The number of aromatic nitrogens is 5. The number of aliphatic carboxylic acids is 3. The maximum atomic E-state index is 15.0. The number of aromatic hydroxyl groups is 1. The number of carboxylic acid groups (broad SMARTS) is 3. The summed E-state index contributed by atoms with van der Waals surface area (Å²) in [7, 11) is 4.86. The number of ketones is 2. The van der Waals surface area contributed by atoms with Crippen LogP contribution in [-0.4, -0.2) is 231 Å². The molecule has 131 heavy (non-hydrogen) atoms. The number of phenolic OH excluding ortho intramolecular Hbond substituents is 1. The fourth-order valence-electron chi connectivity index (χ4n) is 13.7. The standard InChI is InChI=1S/C50H78N6O12S3.C35H46N12O10.CO2/c1-10-14-44(59)67-30-56(48(62)40(32(5)11-2)21-18-38-15-12-13-22-55(38)9)42(31(3)4)27-43(68-35(8)57)47-52-41(29-69-47)46(61)51-37(26-36-16-19-39(58)20-17-36)25-33(6)45(60)53-54-50(65)66-23-24-70-71-28-34(7)49(63)64;1-3-24(48)23(14-27(51)52)45-31(54)19(5-4-12-39-34(36)37)13-25(49)17(2)42-26(50)11-10-22(33(56)57)44-30(53)18-6-8-20(9-7-18)40-15-21-16-41-29-28(43-21)32(55)47-35(38)46-29;2-1-3/h16-17,19-20,29,31-34,37-38,40,42-43,58H,10-15,18,21-28,30H2,1-9H3,(H,51,61)(H,53,60)(H,54,65)(H,63,64);6-9,16-17,19,22-23,40H,3-5,10-15H2,1-2H3,(H,42,50)(H,44,53)(H,45,54)(H,51,52)(H,56,57)(H4,36,37,39)(H3,38,41,46,47,55);/t32?,33-,34-,37+,38+,40-,42+,43+;17-,19+,22-,23-;/m00./s1. The van der Waals surface area contributed by atoms with Crippen LogP contribution in [0.4, 0.5) is 16.4 Å². The summed E-state index contributed by atoms with van der Waals surface area (Å²) in [5, 5.41) is 53.1. The number of fused-ring (bicyclic) bond motifs is 1. The molecule has 0 radical (unpaired) electrons. The molecule has 18 N–H and O–H groups in total. The molecule has 0 spiro atoms. The average molecular weight is 1890 g/mol. The lowest BCUT2D eigenvalue weighted by molar-refractivity contribution is -0.192. The first-order chi connectivity index (χ1) is 62.1. The van der Waals surface area contributed by atoms with Crippen molar-refractivity contribution in [2.75, 3.05) is 56.0 Å². The van der Waals surface area contributed by atoms with Crippen molar-refractivity contribution in [3.05, 3.63) is 98.0 Å². The summed E-state index contributed by atoms with van der Waals surface area (Å²) < 4.78 is 16.8. The Labute approximate surface area is 770 Å². The first-order valence-electron chi connectivity index (χ1n) is 43.0. The molecule has 1 fully saturated rings. The van der Waals surface area contributed by atoms with Crippen LogP contribution in [0.15, 0.2) is 69.9 Å². The van der Waals surface area contributed by atoms with Crippen LogP contribution in [0.25, 0.3) is 11.2 Å². The van der Waals surface area contributed by atoms with E-state index in [0.717, 1.165) is 55.5 Å². The summed E-state index contributed by atoms with van der Waals surface area (Å²) in [5.41, 5.74) is 22.3. The number of anilines is 2. The Morgan fingerprint density at radius 2 is 1.47 bits per heavy atom. The van der Waals surface area contributed by atoms with Gasteiger partial charge in [-0.05, 0) is 139 Å². The molecule has 1 unspecified atom stereocenters. The highest BCUT2D eigenvalue weighted by molar-refractivity contribution is 8.76. The minimum Gasteiger partial charge on any atom is -0.508 e. The Balaban J connectivity index is 0.000000544. The molecule has 4 heterocycles. The summed E-state index contributed by atoms with van der Waals surface area (Å²) in [6.45, 7) is 18.5. The number of piperidine rings is 1. The Hall–Kier alpha value is -12.2. The summed E-state index contributed by atoms with van der Waals surface area (Å²) >= 11 is 1.13. The molecule has 1 saturated heterocycles. The molecule has 5 aromatic rings. The van der Waals surface area contributed by atoms with E-state index in [4.69, 9.17) is 46.1 Å². The molecule has 3 aromatic heterocycles. The molecule has 1 aliphatic heterocycles. The van der Waals surface area contributed by atoms with Crippen LogP contribution in [0.5, 0.6) is 5.75 Å². The molecule has 0 saturated carbocycles. The van der Waals surface area contributed by atoms with Crippen LogP contribution in [0, 0.1) is 35.5 Å². The van der Waals surface area contributed by atoms with E-state index in [1.54, 1.807) is 48.4 Å². The number of carbonyl (C=O) groups is 14. The van der Waals surface area contributed by atoms with Gasteiger partial charge in [-0.2, -0.15) is 14.6 Å². The SMILES string of the molecule is CCC(=O)[C@H](CC(=O)O)NC(=O)[C@H](CCCN=C(N)N)CC(=O)[C@H](C)NC(=O)CC[C@H](NC(=O)c1ccc(NCc2cnc3nc(N)[nH]c(=O)c3n2)cc1)C(=O)O.CCCC(=O)OCN(C(=O)[C@@H](CC[C@H]1CCCCN1C)C(C)CC)[C@H](C[C@@H](OC(C)=O)c1nc(C(=O)N[C@@H](Cc2ccc(O)cc2)C[C@H](C)C(=O)NNC(=O)OCCSSC[C@H](C)C(=O)O)cs1)C(C)C.O=C=O. The van der Waals surface area contributed by atoms with Gasteiger partial charge >= 0.3 is 42.1 Å². The zero-order valence-electron chi connectivity index (χ0n) is 75.5. The van der Waals surface area contributed by atoms with Gasteiger partial charge in [0.1, 0.15) is 29.1 Å². The zero-order chi connectivity index (χ0) is 97.6. The van der Waals surface area contributed by atoms with Gasteiger partial charge in [0.15, 0.2) is 41.5 Å². The summed E-state index contributed by atoms with van der Waals surface area (Å²) in [6.07, 6.45) is 5.43. The molecule has 7 amide bonds. The fraction of sp³-hybridized carbons (Fsp3) is 0.570. The predicted molar refractivity (Wildman–Crippen MR) is 486 cm³/mol. The van der Waals surface area contributed by atoms with Crippen molar-refractivity contribution in [1.29, 1.82) is 0 Å². The molecular formula is C86H124N18O24S3. The Morgan fingerprint density at radius 3 is 2.08 bits per heavy atom. The predicted octanol–water partition coefficient (Wildman–Crippen LogP) is 6.51. The van der Waals surface area contributed by atoms with E-state index in [9.17, 15) is 87.2 Å². The molecule has 2 aromatic carbocycles. The van der Waals surface area contributed by atoms with Gasteiger partial charge in [0.2, 0.25) is 29.6 Å². The highest BCUT2D eigenvalue weighted by Crippen LogP contribution is 2.35. The van der Waals surface area contributed by atoms with E-state index in [2.05, 4.69) is 93.1 Å². The number of H-pyrrole nitrogens is 1. The minimum atomic E-state index is -1.46. The fourth-order valence-corrected chi connectivity index (χ4v) is 16.7. The topological polar surface area (TPSA) is 647 Å². The van der Waals surface area contributed by atoms with Crippen molar-refractivity contribution in [3.8, 4) is 5.75 Å². The number of ether oxygens (including phenoxy) is 3. The van der Waals surface area contributed by atoms with Gasteiger partial charge in [-0.15, -0.1) is 11.3 Å². The number of nitrogens with one attached hydrogen (secondary N) is 8. The minimum absolute atomic E-state index is 0.0141. The molecule has 12 atom stereocenters. The molecule has 42 nitrogen and oxygen atoms in total. The third-order valence-electron chi connectivity index (χ3n) is 21.3. The Kier molecular flexibility index (Phi) is 49.6. The van der Waals surface area contributed by atoms with Crippen LogP contribution in [-0.2, 0) is 89.5 Å². The lowest BCUT2D eigenvalue weighted by atomic mass is 9.83. The van der Waals surface area contributed by atoms with E-state index in [0.29, 0.717) is 46.8 Å². The van der Waals surface area contributed by atoms with Crippen molar-refractivity contribution in [1.82, 2.24) is 66.8 Å². The lowest BCUT2D eigenvalue weighted by Crippen LogP contribution is -2.49. The number of nitrogens with zero attached hydrogens (tertiary/aromatic N) is 7. The number of nitrogen functional groups attached to an aromatic ring is 1. The number of benzene rings is 2. The normalized spacial score (nSPS) is 14.8. The highest BCUT2D eigenvalue weighted by Gasteiger charge is 2.39. The van der Waals surface area contributed by atoms with E-state index in [-0.39, 0.29) is 161 Å². The Morgan fingerprint density at radius 1 is 0.771 bits per heavy atom. The average Bonchev–Trinajstić information content (AvgIpc) is 1.57. The van der Waals surface area contributed by atoms with Crippen LogP contribution in [0.2, 0.25) is 0 Å². The number of guanidine groups is 1. The third kappa shape index (κ3) is 40.8. The second-order valence-corrected chi connectivity index (χ2v) is 35.4. The van der Waals surface area contributed by atoms with Gasteiger partial charge in [0.05, 0.1) is 42.9 Å². The van der Waals surface area contributed by atoms with Crippen LogP contribution in [0.3, 0.4) is 0 Å². The van der Waals surface area contributed by atoms with Gasteiger partial charge in [-0.1, -0.05) is 102 Å². The molecule has 45 heteroatoms. The number of thiazole rings is 1. The number of carbonyl (C=O) groups excluding carboxylic acids is 13. The number of carboxylic acids is 3. The maximum absolute atomic E-state index is 15.0. The van der Waals surface area contributed by atoms with E-state index < -0.39 is 143 Å². The molecule has 6 rings (SSSR count). The number of nitrogens with two attached hydrogens (primary N) is 3. The van der Waals surface area contributed by atoms with Crippen LogP contribution >= 0.6 is 32.9 Å². The van der Waals surface area contributed by atoms with E-state index in [1.807, 2.05) is 20.8 Å². The van der Waals surface area contributed by atoms with E-state index in [1.165, 1.54) is 72.8 Å². The van der Waals surface area contributed by atoms with Gasteiger partial charge in [-0.3, -0.25) is 77.7 Å². The van der Waals surface area contributed by atoms with Crippen molar-refractivity contribution in [3.63, 3.8) is 0 Å². The number of amides is 7. The molecule has 1 aliphatic rings. The van der Waals surface area contributed by atoms with Crippen LogP contribution in [0.1, 0.15) is 222 Å². The third-order valence-corrected chi connectivity index (χ3v) is 24.8. The largest absolute Gasteiger partial charge is 0.508 e. The van der Waals surface area contributed by atoms with E-state index >= 15 is 0 Å². The summed E-state index contributed by atoms with van der Waals surface area (Å²) in [4.78, 5) is 234. The smallest absolute Gasteiger partial charge is 0.426 e. The second-order valence-electron chi connectivity index (χ2n) is 31.9. The highest BCUT2D eigenvalue weighted by atomic mass is 33.1. The van der Waals surface area contributed by atoms with Crippen molar-refractivity contribution >= 4 is 151 Å². The number of rotatable bonds is 53. The van der Waals surface area contributed by atoms with Crippen LogP contribution < -0.4 is 60.2 Å². The monoisotopic (exact) mass is 1890 g/mol. The zero-order valence-corrected chi connectivity index (χ0v) is 77.9. The second kappa shape index (κ2) is 58.4. The quantitative estimate of drug-likeness (QED) is 0.00288. The van der Waals surface area contributed by atoms with Crippen molar-refractivity contribution in [2.45, 2.75) is 234 Å². The number of Topliss-reactive ketones (excluding diaryl/α,β-unsaturated/α-hetero) is 2. The van der Waals surface area contributed by atoms with Gasteiger partial charge in [-0.25, -0.2) is 30.0 Å². The molecule has 0 aliphatic carbocycles. The number of hydrogen-bond acceptors (Lipinski definition) is 32. The van der Waals surface area contributed by atoms with Gasteiger partial charge in [0.25, 0.3) is 17.4 Å². The first kappa shape index (κ1) is 111. The first-order valence-corrected chi connectivity index (χ1v) is 46.4. The van der Waals surface area contributed by atoms with Crippen molar-refractivity contribution < 1.29 is 111 Å². The molecular weight excluding hydrogens is 1770 g/mol. The molecule has 720 valence electrons. The summed E-state index contributed by atoms with van der Waals surface area (Å²) in [5.74, 6) is -11.1. The Bertz CT molecular complexity index is 4740. The number of esters is 2. The number of hydrogen-bond donors (Lipinski definition) is 15. The van der Waals surface area contributed by atoms with Gasteiger partial charge < -0.3 is 88.2 Å². The number of aromatic amines is 1. The van der Waals surface area contributed by atoms with Gasteiger partial charge in [0, 0.05) is 110 Å². The number of aliphatic imine (C=N–C) groups is 1. The maximum Gasteiger partial charge on any atom is 0.426 e. The number of likely N-dealkylation sites (tertiary alicyclic amines) is 1. The van der Waals surface area contributed by atoms with Crippen molar-refractivity contribution in [2.24, 2.45) is 52.0 Å².